The maximum Gasteiger partial charge on any atom is 0.433 e. The van der Waals surface area contributed by atoms with Crippen molar-refractivity contribution in [1.82, 2.24) is 0 Å². The highest BCUT2D eigenvalue weighted by Crippen LogP contribution is 2.28. The molecule has 19 heavy (non-hydrogen) atoms. The number of hydrogen-bond donors (Lipinski definition) is 1. The molecule has 0 atom stereocenters. The van der Waals surface area contributed by atoms with Crippen LogP contribution >= 0.6 is 11.8 Å². The van der Waals surface area contributed by atoms with Gasteiger partial charge in [-0.25, -0.2) is 4.79 Å². The number of nitro groups is 1. The fourth-order valence-corrected chi connectivity index (χ4v) is 2.40. The molecule has 0 aliphatic rings. The number of aromatic carboxylic acids is 1. The van der Waals surface area contributed by atoms with E-state index in [1.807, 2.05) is 0 Å². The van der Waals surface area contributed by atoms with Gasteiger partial charge >= 0.3 is 11.9 Å². The van der Waals surface area contributed by atoms with Gasteiger partial charge in [-0.2, -0.15) is 0 Å². The molecule has 0 radical (unpaired) electrons. The Hall–Kier alpha value is -2.28. The molecule has 1 aromatic carbocycles. The summed E-state index contributed by atoms with van der Waals surface area (Å²) in [6, 6.07) is 9.36. The number of benzene rings is 1. The van der Waals surface area contributed by atoms with Gasteiger partial charge in [0.2, 0.25) is 0 Å². The molecule has 0 amide bonds. The molecule has 0 fully saturated rings. The Labute approximate surface area is 112 Å². The van der Waals surface area contributed by atoms with Crippen molar-refractivity contribution in [3.8, 4) is 0 Å². The number of thioether (sulfide) groups is 1. The van der Waals surface area contributed by atoms with Gasteiger partial charge in [-0.3, -0.25) is 10.1 Å². The number of carbonyl (C=O) groups is 1. The van der Waals surface area contributed by atoms with Gasteiger partial charge in [-0.1, -0.05) is 12.1 Å². The second-order valence-electron chi connectivity index (χ2n) is 3.59. The molecule has 0 aliphatic heterocycles. The van der Waals surface area contributed by atoms with Gasteiger partial charge in [0.1, 0.15) is 10.7 Å². The van der Waals surface area contributed by atoms with Crippen molar-refractivity contribution >= 4 is 23.6 Å². The van der Waals surface area contributed by atoms with Crippen molar-refractivity contribution in [3.63, 3.8) is 0 Å². The van der Waals surface area contributed by atoms with Gasteiger partial charge in [0, 0.05) is 4.90 Å². The summed E-state index contributed by atoms with van der Waals surface area (Å²) < 4.78 is 5.00. The Morgan fingerprint density at radius 3 is 2.68 bits per heavy atom. The van der Waals surface area contributed by atoms with Crippen LogP contribution in [0.3, 0.4) is 0 Å². The van der Waals surface area contributed by atoms with E-state index in [1.165, 1.54) is 30.0 Å². The third-order valence-corrected chi connectivity index (χ3v) is 3.41. The summed E-state index contributed by atoms with van der Waals surface area (Å²) in [5, 5.41) is 19.5. The number of carboxylic acid groups (broad SMARTS) is 1. The molecule has 2 rings (SSSR count). The molecule has 2 aromatic rings. The summed E-state index contributed by atoms with van der Waals surface area (Å²) >= 11 is 1.26. The van der Waals surface area contributed by atoms with Crippen LogP contribution in [0.15, 0.2) is 45.7 Å². The lowest BCUT2D eigenvalue weighted by Crippen LogP contribution is -1.98. The molecule has 0 bridgehead atoms. The Morgan fingerprint density at radius 1 is 1.32 bits per heavy atom. The van der Waals surface area contributed by atoms with Crippen molar-refractivity contribution in [1.29, 1.82) is 0 Å². The number of hydrogen-bond acceptors (Lipinski definition) is 5. The maximum atomic E-state index is 11.0. The first-order valence-electron chi connectivity index (χ1n) is 5.26. The average molecular weight is 279 g/mol. The van der Waals surface area contributed by atoms with Crippen LogP contribution in [0.5, 0.6) is 0 Å². The van der Waals surface area contributed by atoms with E-state index in [9.17, 15) is 14.9 Å². The Morgan fingerprint density at radius 2 is 2.05 bits per heavy atom. The normalized spacial score (nSPS) is 10.3. The van der Waals surface area contributed by atoms with Crippen molar-refractivity contribution in [2.75, 3.05) is 0 Å². The molecule has 0 aliphatic carbocycles. The minimum Gasteiger partial charge on any atom is -0.478 e. The zero-order valence-corrected chi connectivity index (χ0v) is 10.4. The Balaban J connectivity index is 2.10. The third-order valence-electron chi connectivity index (χ3n) is 2.31. The molecule has 98 valence electrons. The molecule has 0 saturated heterocycles. The van der Waals surface area contributed by atoms with Gasteiger partial charge in [0.05, 0.1) is 17.4 Å². The van der Waals surface area contributed by atoms with Crippen LogP contribution in [0, 0.1) is 10.1 Å². The Kier molecular flexibility index (Phi) is 3.86. The molecule has 1 aromatic heterocycles. The first kappa shape index (κ1) is 13.2. The van der Waals surface area contributed by atoms with E-state index in [0.717, 1.165) is 0 Å². The minimum absolute atomic E-state index is 0.202. The lowest BCUT2D eigenvalue weighted by Gasteiger charge is -2.03. The van der Waals surface area contributed by atoms with Crippen molar-refractivity contribution in [2.45, 2.75) is 10.6 Å². The summed E-state index contributed by atoms with van der Waals surface area (Å²) in [7, 11) is 0. The van der Waals surface area contributed by atoms with Gasteiger partial charge in [0.15, 0.2) is 0 Å². The highest BCUT2D eigenvalue weighted by Gasteiger charge is 2.14. The van der Waals surface area contributed by atoms with E-state index >= 15 is 0 Å². The average Bonchev–Trinajstić information content (AvgIpc) is 2.85. The second-order valence-corrected chi connectivity index (χ2v) is 4.60. The van der Waals surface area contributed by atoms with E-state index in [4.69, 9.17) is 9.52 Å². The quantitative estimate of drug-likeness (QED) is 0.513. The van der Waals surface area contributed by atoms with E-state index in [-0.39, 0.29) is 11.4 Å². The van der Waals surface area contributed by atoms with E-state index in [1.54, 1.807) is 18.2 Å². The van der Waals surface area contributed by atoms with Gasteiger partial charge in [-0.05, 0) is 18.2 Å². The SMILES string of the molecule is O=C(O)c1ccccc1SCc1ccc([N+](=O)[O-])o1. The van der Waals surface area contributed by atoms with E-state index in [0.29, 0.717) is 16.4 Å². The van der Waals surface area contributed by atoms with Crippen LogP contribution in [0.2, 0.25) is 0 Å². The van der Waals surface area contributed by atoms with Crippen LogP contribution in [-0.2, 0) is 5.75 Å². The number of furan rings is 1. The molecule has 0 unspecified atom stereocenters. The zero-order chi connectivity index (χ0) is 13.8. The molecule has 7 heteroatoms. The zero-order valence-electron chi connectivity index (χ0n) is 9.61. The standard InChI is InChI=1S/C12H9NO5S/c14-12(15)9-3-1-2-4-10(9)19-7-8-5-6-11(18-8)13(16)17/h1-6H,7H2,(H,14,15). The first-order chi connectivity index (χ1) is 9.08. The number of carboxylic acids is 1. The van der Waals surface area contributed by atoms with Crippen molar-refractivity contribution in [3.05, 3.63) is 57.8 Å². The van der Waals surface area contributed by atoms with Gasteiger partial charge < -0.3 is 9.52 Å². The molecular formula is C12H9NO5S. The highest BCUT2D eigenvalue weighted by atomic mass is 32.2. The fourth-order valence-electron chi connectivity index (χ4n) is 1.46. The molecule has 6 nitrogen and oxygen atoms in total. The predicted octanol–water partition coefficient (Wildman–Crippen LogP) is 3.18. The predicted molar refractivity (Wildman–Crippen MR) is 68.3 cm³/mol. The lowest BCUT2D eigenvalue weighted by atomic mass is 10.2. The van der Waals surface area contributed by atoms with Gasteiger partial charge in [0.25, 0.3) is 0 Å². The van der Waals surface area contributed by atoms with Crippen LogP contribution in [0.4, 0.5) is 5.88 Å². The first-order valence-corrected chi connectivity index (χ1v) is 6.24. The number of nitrogens with zero attached hydrogens (tertiary/aromatic N) is 1. The monoisotopic (exact) mass is 279 g/mol. The molecule has 0 spiro atoms. The lowest BCUT2D eigenvalue weighted by molar-refractivity contribution is -0.402. The highest BCUT2D eigenvalue weighted by molar-refractivity contribution is 7.98. The van der Waals surface area contributed by atoms with Crippen LogP contribution < -0.4 is 0 Å². The smallest absolute Gasteiger partial charge is 0.433 e. The summed E-state index contributed by atoms with van der Waals surface area (Å²) in [5.74, 6) is -0.564. The molecule has 1 heterocycles. The van der Waals surface area contributed by atoms with Crippen molar-refractivity contribution in [2.24, 2.45) is 0 Å². The van der Waals surface area contributed by atoms with Crippen LogP contribution in [0.1, 0.15) is 16.1 Å². The summed E-state index contributed by atoms with van der Waals surface area (Å²) in [5.41, 5.74) is 0.202. The second kappa shape index (κ2) is 5.57. The Bertz CT molecular complexity index is 622. The summed E-state index contributed by atoms with van der Waals surface area (Å²) in [6.07, 6.45) is 0. The largest absolute Gasteiger partial charge is 0.478 e. The van der Waals surface area contributed by atoms with E-state index in [2.05, 4.69) is 0 Å². The van der Waals surface area contributed by atoms with Gasteiger partial charge in [-0.15, -0.1) is 11.8 Å². The fraction of sp³-hybridized carbons (Fsp3) is 0.0833. The maximum absolute atomic E-state index is 11.0. The van der Waals surface area contributed by atoms with Crippen molar-refractivity contribution < 1.29 is 19.2 Å². The van der Waals surface area contributed by atoms with Crippen LogP contribution in [0.25, 0.3) is 0 Å². The third kappa shape index (κ3) is 3.14. The van der Waals surface area contributed by atoms with Crippen LogP contribution in [-0.4, -0.2) is 16.0 Å². The molecule has 1 N–H and O–H groups in total. The molecular weight excluding hydrogens is 270 g/mol. The molecule has 0 saturated carbocycles. The summed E-state index contributed by atoms with van der Waals surface area (Å²) in [4.78, 5) is 21.4. The summed E-state index contributed by atoms with van der Waals surface area (Å²) in [6.45, 7) is 0. The number of rotatable bonds is 5. The van der Waals surface area contributed by atoms with E-state index < -0.39 is 10.9 Å². The minimum atomic E-state index is -1.01. The topological polar surface area (TPSA) is 93.6 Å².